The van der Waals surface area contributed by atoms with Crippen molar-refractivity contribution in [3.63, 3.8) is 0 Å². The number of aldehydes is 1. The van der Waals surface area contributed by atoms with E-state index in [0.29, 0.717) is 43.9 Å². The average Bonchev–Trinajstić information content (AvgIpc) is 2.49. The lowest BCUT2D eigenvalue weighted by Gasteiger charge is -2.30. The van der Waals surface area contributed by atoms with Crippen LogP contribution in [0.15, 0.2) is 21.3 Å². The van der Waals surface area contributed by atoms with E-state index >= 15 is 0 Å². The summed E-state index contributed by atoms with van der Waals surface area (Å²) in [6.45, 7) is 6.47. The summed E-state index contributed by atoms with van der Waals surface area (Å²) in [5.74, 6) is 0. The molecule has 0 radical (unpaired) electrons. The van der Waals surface area contributed by atoms with E-state index in [0.717, 1.165) is 16.5 Å². The molecule has 110 valence electrons. The molecule has 0 aliphatic carbocycles. The fourth-order valence-electron chi connectivity index (χ4n) is 2.69. The van der Waals surface area contributed by atoms with Crippen LogP contribution in [0.2, 0.25) is 0 Å². The fourth-order valence-corrected chi connectivity index (χ4v) is 2.69. The van der Waals surface area contributed by atoms with Crippen LogP contribution in [0.25, 0.3) is 11.0 Å². The summed E-state index contributed by atoms with van der Waals surface area (Å²) in [5, 5.41) is 0.807. The number of hydrogen-bond donors (Lipinski definition) is 0. The minimum atomic E-state index is -0.581. The molecule has 0 N–H and O–H groups in total. The zero-order valence-corrected chi connectivity index (χ0v) is 12.1. The van der Waals surface area contributed by atoms with Crippen molar-refractivity contribution in [1.82, 2.24) is 0 Å². The van der Waals surface area contributed by atoms with Gasteiger partial charge in [0.25, 0.3) is 0 Å². The summed E-state index contributed by atoms with van der Waals surface area (Å²) >= 11 is 0. The summed E-state index contributed by atoms with van der Waals surface area (Å²) < 4.78 is 10.7. The normalized spacial score (nSPS) is 15.4. The minimum Gasteiger partial charge on any atom is -0.422 e. The van der Waals surface area contributed by atoms with Crippen LogP contribution < -0.4 is 10.5 Å². The SMILES string of the molecule is Cc1cc2oc(=O)c(C=O)c(N3CCOCC3)c2cc1C. The number of rotatable bonds is 2. The van der Waals surface area contributed by atoms with Gasteiger partial charge < -0.3 is 14.1 Å². The van der Waals surface area contributed by atoms with Crippen LogP contribution in [0, 0.1) is 13.8 Å². The van der Waals surface area contributed by atoms with Crippen LogP contribution in [0.1, 0.15) is 21.5 Å². The van der Waals surface area contributed by atoms with Crippen molar-refractivity contribution in [2.24, 2.45) is 0 Å². The molecule has 0 bridgehead atoms. The first kappa shape index (κ1) is 13.8. The molecule has 5 heteroatoms. The van der Waals surface area contributed by atoms with Crippen LogP contribution >= 0.6 is 0 Å². The van der Waals surface area contributed by atoms with Gasteiger partial charge in [0.1, 0.15) is 11.1 Å². The summed E-state index contributed by atoms with van der Waals surface area (Å²) in [4.78, 5) is 25.5. The highest BCUT2D eigenvalue weighted by Crippen LogP contribution is 2.30. The van der Waals surface area contributed by atoms with Crippen molar-refractivity contribution in [2.75, 3.05) is 31.2 Å². The number of hydrogen-bond acceptors (Lipinski definition) is 5. The van der Waals surface area contributed by atoms with Gasteiger partial charge in [-0.1, -0.05) is 0 Å². The maximum absolute atomic E-state index is 12.1. The third-order valence-electron chi connectivity index (χ3n) is 3.97. The number of anilines is 1. The van der Waals surface area contributed by atoms with Crippen molar-refractivity contribution in [3.05, 3.63) is 39.2 Å². The first-order valence-electron chi connectivity index (χ1n) is 6.97. The summed E-state index contributed by atoms with van der Waals surface area (Å²) in [6, 6.07) is 3.83. The van der Waals surface area contributed by atoms with Crippen LogP contribution in [-0.2, 0) is 4.74 Å². The predicted octanol–water partition coefficient (Wildman–Crippen LogP) is 2.06. The quantitative estimate of drug-likeness (QED) is 0.625. The number of morpholine rings is 1. The molecule has 1 aromatic heterocycles. The Balaban J connectivity index is 2.34. The van der Waals surface area contributed by atoms with E-state index in [2.05, 4.69) is 0 Å². The Bertz CT molecular complexity index is 757. The number of aryl methyl sites for hydroxylation is 2. The standard InChI is InChI=1S/C16H17NO4/c1-10-7-12-14(8-11(10)2)21-16(19)13(9-18)15(12)17-3-5-20-6-4-17/h7-9H,3-6H2,1-2H3. The van der Waals surface area contributed by atoms with Gasteiger partial charge in [-0.15, -0.1) is 0 Å². The van der Waals surface area contributed by atoms with Gasteiger partial charge in [-0.25, -0.2) is 4.79 Å². The maximum Gasteiger partial charge on any atom is 0.349 e. The number of nitrogens with zero attached hydrogens (tertiary/aromatic N) is 1. The van der Waals surface area contributed by atoms with E-state index < -0.39 is 5.63 Å². The predicted molar refractivity (Wildman–Crippen MR) is 80.4 cm³/mol. The number of ether oxygens (including phenoxy) is 1. The van der Waals surface area contributed by atoms with Crippen LogP contribution in [0.3, 0.4) is 0 Å². The van der Waals surface area contributed by atoms with Crippen molar-refractivity contribution in [1.29, 1.82) is 0 Å². The second-order valence-electron chi connectivity index (χ2n) is 5.30. The zero-order valence-electron chi connectivity index (χ0n) is 12.1. The van der Waals surface area contributed by atoms with E-state index in [1.807, 2.05) is 30.9 Å². The lowest BCUT2D eigenvalue weighted by molar-refractivity contribution is 0.111. The van der Waals surface area contributed by atoms with E-state index in [-0.39, 0.29) is 5.56 Å². The summed E-state index contributed by atoms with van der Waals surface area (Å²) in [6.07, 6.45) is 0.589. The lowest BCUT2D eigenvalue weighted by Crippen LogP contribution is -2.37. The Kier molecular flexibility index (Phi) is 3.51. The Morgan fingerprint density at radius 2 is 1.81 bits per heavy atom. The van der Waals surface area contributed by atoms with E-state index in [1.165, 1.54) is 0 Å². The molecule has 1 aliphatic heterocycles. The molecule has 1 saturated heterocycles. The molecule has 1 aromatic carbocycles. The lowest BCUT2D eigenvalue weighted by atomic mass is 10.0. The molecule has 0 saturated carbocycles. The van der Waals surface area contributed by atoms with Gasteiger partial charge in [-0.05, 0) is 37.1 Å². The van der Waals surface area contributed by atoms with Gasteiger partial charge in [0.2, 0.25) is 0 Å². The van der Waals surface area contributed by atoms with E-state index in [4.69, 9.17) is 9.15 Å². The Hall–Kier alpha value is -2.14. The molecule has 2 heterocycles. The minimum absolute atomic E-state index is 0.0904. The van der Waals surface area contributed by atoms with Gasteiger partial charge in [0, 0.05) is 18.5 Å². The first-order valence-corrected chi connectivity index (χ1v) is 6.97. The summed E-state index contributed by atoms with van der Waals surface area (Å²) in [5.41, 5.74) is 2.85. The highest BCUT2D eigenvalue weighted by atomic mass is 16.5. The number of carbonyl (C=O) groups is 1. The van der Waals surface area contributed by atoms with Crippen molar-refractivity contribution in [3.8, 4) is 0 Å². The first-order chi connectivity index (χ1) is 10.1. The van der Waals surface area contributed by atoms with Crippen LogP contribution in [-0.4, -0.2) is 32.6 Å². The molecule has 1 aliphatic rings. The molecule has 0 amide bonds. The number of benzene rings is 1. The molecule has 2 aromatic rings. The average molecular weight is 287 g/mol. The van der Waals surface area contributed by atoms with Gasteiger partial charge in [-0.3, -0.25) is 4.79 Å². The molecule has 21 heavy (non-hydrogen) atoms. The summed E-state index contributed by atoms with van der Waals surface area (Å²) in [7, 11) is 0. The van der Waals surface area contributed by atoms with Crippen molar-refractivity contribution in [2.45, 2.75) is 13.8 Å². The zero-order chi connectivity index (χ0) is 15.0. The maximum atomic E-state index is 12.1. The van der Waals surface area contributed by atoms with Crippen molar-refractivity contribution >= 4 is 22.9 Å². The van der Waals surface area contributed by atoms with Gasteiger partial charge >= 0.3 is 5.63 Å². The monoisotopic (exact) mass is 287 g/mol. The van der Waals surface area contributed by atoms with Gasteiger partial charge in [0.05, 0.1) is 18.9 Å². The largest absolute Gasteiger partial charge is 0.422 e. The van der Waals surface area contributed by atoms with E-state index in [1.54, 1.807) is 0 Å². The topological polar surface area (TPSA) is 59.8 Å². The molecule has 0 spiro atoms. The molecular weight excluding hydrogens is 270 g/mol. The fraction of sp³-hybridized carbons (Fsp3) is 0.375. The molecule has 0 atom stereocenters. The number of carbonyl (C=O) groups excluding carboxylic acids is 1. The van der Waals surface area contributed by atoms with Crippen LogP contribution in [0.5, 0.6) is 0 Å². The molecule has 1 fully saturated rings. The van der Waals surface area contributed by atoms with Crippen molar-refractivity contribution < 1.29 is 13.9 Å². The second kappa shape index (κ2) is 5.33. The van der Waals surface area contributed by atoms with Crippen LogP contribution in [0.4, 0.5) is 5.69 Å². The highest BCUT2D eigenvalue weighted by molar-refractivity contribution is 6.00. The Morgan fingerprint density at radius 3 is 2.48 bits per heavy atom. The third-order valence-corrected chi connectivity index (χ3v) is 3.97. The van der Waals surface area contributed by atoms with E-state index in [9.17, 15) is 9.59 Å². The third kappa shape index (κ3) is 2.34. The smallest absolute Gasteiger partial charge is 0.349 e. The number of fused-ring (bicyclic) bond motifs is 1. The van der Waals surface area contributed by atoms with Gasteiger partial charge in [0.15, 0.2) is 6.29 Å². The molecular formula is C16H17NO4. The Morgan fingerprint density at radius 1 is 1.14 bits per heavy atom. The van der Waals surface area contributed by atoms with Gasteiger partial charge in [-0.2, -0.15) is 0 Å². The second-order valence-corrected chi connectivity index (χ2v) is 5.30. The highest BCUT2D eigenvalue weighted by Gasteiger charge is 2.22. The molecule has 3 rings (SSSR count). The molecule has 5 nitrogen and oxygen atoms in total. The molecule has 0 unspecified atom stereocenters. The Labute approximate surface area is 122 Å².